The Morgan fingerprint density at radius 3 is 2.74 bits per heavy atom. The minimum absolute atomic E-state index is 0.0424. The van der Waals surface area contributed by atoms with Crippen LogP contribution in [0.5, 0.6) is 5.75 Å². The topological polar surface area (TPSA) is 41.7 Å². The quantitative estimate of drug-likeness (QED) is 0.851. The summed E-state index contributed by atoms with van der Waals surface area (Å²) in [5.41, 5.74) is 6.73. The summed E-state index contributed by atoms with van der Waals surface area (Å²) in [4.78, 5) is 4.33. The number of hydrogen-bond acceptors (Lipinski definition) is 4. The summed E-state index contributed by atoms with van der Waals surface area (Å²) in [6.45, 7) is -1.07. The summed E-state index contributed by atoms with van der Waals surface area (Å²) in [5.74, 6) is 0.0424. The standard InChI is InChI=1S/C13H19F2N3O/c1-17(2)10-5-6-18(8-10)9-3-4-11(16)12(7-9)19-13(14)15/h3-4,7,10,13H,5-6,8,16H2,1-2H3/t10-/m0/s1. The highest BCUT2D eigenvalue weighted by molar-refractivity contribution is 5.62. The van der Waals surface area contributed by atoms with Crippen LogP contribution in [0.1, 0.15) is 6.42 Å². The lowest BCUT2D eigenvalue weighted by molar-refractivity contribution is -0.0493. The summed E-state index contributed by atoms with van der Waals surface area (Å²) in [7, 11) is 4.09. The van der Waals surface area contributed by atoms with Crippen LogP contribution in [0, 0.1) is 0 Å². The normalized spacial score (nSPS) is 19.5. The summed E-state index contributed by atoms with van der Waals surface area (Å²) in [5, 5.41) is 0. The van der Waals surface area contributed by atoms with Crippen molar-refractivity contribution in [3.63, 3.8) is 0 Å². The molecule has 0 amide bonds. The van der Waals surface area contributed by atoms with E-state index >= 15 is 0 Å². The lowest BCUT2D eigenvalue weighted by Crippen LogP contribution is -2.31. The molecular weight excluding hydrogens is 252 g/mol. The van der Waals surface area contributed by atoms with Gasteiger partial charge < -0.3 is 20.3 Å². The van der Waals surface area contributed by atoms with E-state index in [9.17, 15) is 8.78 Å². The van der Waals surface area contributed by atoms with Crippen molar-refractivity contribution < 1.29 is 13.5 Å². The Morgan fingerprint density at radius 1 is 1.42 bits per heavy atom. The minimum Gasteiger partial charge on any atom is -0.433 e. The number of likely N-dealkylation sites (N-methyl/N-ethyl adjacent to an activating group) is 1. The van der Waals surface area contributed by atoms with Crippen LogP contribution < -0.4 is 15.4 Å². The van der Waals surface area contributed by atoms with Crippen molar-refractivity contribution >= 4 is 11.4 Å². The Labute approximate surface area is 111 Å². The molecule has 0 spiro atoms. The number of nitrogens with zero attached hydrogens (tertiary/aromatic N) is 2. The van der Waals surface area contributed by atoms with Crippen LogP contribution in [-0.4, -0.2) is 44.7 Å². The first-order valence-corrected chi connectivity index (χ1v) is 6.23. The van der Waals surface area contributed by atoms with Gasteiger partial charge >= 0.3 is 6.61 Å². The Balaban J connectivity index is 2.13. The summed E-state index contributed by atoms with van der Waals surface area (Å²) >= 11 is 0. The zero-order valence-corrected chi connectivity index (χ0v) is 11.1. The van der Waals surface area contributed by atoms with Crippen LogP contribution in [0.25, 0.3) is 0 Å². The lowest BCUT2D eigenvalue weighted by atomic mass is 10.2. The molecule has 1 aliphatic rings. The van der Waals surface area contributed by atoms with Crippen molar-refractivity contribution in [1.29, 1.82) is 0 Å². The fourth-order valence-corrected chi connectivity index (χ4v) is 2.32. The molecule has 1 aliphatic heterocycles. The molecule has 1 fully saturated rings. The van der Waals surface area contributed by atoms with Crippen LogP contribution in [0.3, 0.4) is 0 Å². The van der Waals surface area contributed by atoms with Gasteiger partial charge in [-0.25, -0.2) is 0 Å². The predicted molar refractivity (Wildman–Crippen MR) is 71.8 cm³/mol. The maximum absolute atomic E-state index is 12.3. The van der Waals surface area contributed by atoms with Gasteiger partial charge in [0.15, 0.2) is 5.75 Å². The van der Waals surface area contributed by atoms with Crippen molar-refractivity contribution in [3.8, 4) is 5.75 Å². The largest absolute Gasteiger partial charge is 0.433 e. The summed E-state index contributed by atoms with van der Waals surface area (Å²) in [6.07, 6.45) is 1.06. The zero-order valence-electron chi connectivity index (χ0n) is 11.1. The van der Waals surface area contributed by atoms with E-state index in [1.165, 1.54) is 0 Å². The molecular formula is C13H19F2N3O. The molecule has 1 heterocycles. The highest BCUT2D eigenvalue weighted by Gasteiger charge is 2.24. The number of benzene rings is 1. The second-order valence-electron chi connectivity index (χ2n) is 4.95. The first kappa shape index (κ1) is 13.9. The van der Waals surface area contributed by atoms with E-state index in [1.54, 1.807) is 12.1 Å². The number of hydrogen-bond donors (Lipinski definition) is 1. The molecule has 1 aromatic carbocycles. The molecule has 2 N–H and O–H groups in total. The van der Waals surface area contributed by atoms with Crippen LogP contribution in [0.15, 0.2) is 18.2 Å². The third-order valence-corrected chi connectivity index (χ3v) is 3.47. The van der Waals surface area contributed by atoms with E-state index in [-0.39, 0.29) is 11.4 Å². The number of rotatable bonds is 4. The average Bonchev–Trinajstić information content (AvgIpc) is 2.81. The van der Waals surface area contributed by atoms with Crippen LogP contribution >= 0.6 is 0 Å². The molecule has 0 unspecified atom stereocenters. The molecule has 0 bridgehead atoms. The molecule has 4 nitrogen and oxygen atoms in total. The molecule has 1 saturated heterocycles. The van der Waals surface area contributed by atoms with E-state index in [1.807, 2.05) is 20.2 Å². The van der Waals surface area contributed by atoms with Gasteiger partial charge in [-0.3, -0.25) is 0 Å². The maximum atomic E-state index is 12.3. The zero-order chi connectivity index (χ0) is 14.0. The highest BCUT2D eigenvalue weighted by atomic mass is 19.3. The van der Waals surface area contributed by atoms with Gasteiger partial charge in [-0.1, -0.05) is 0 Å². The molecule has 106 valence electrons. The smallest absolute Gasteiger partial charge is 0.387 e. The Morgan fingerprint density at radius 2 is 2.16 bits per heavy atom. The first-order valence-electron chi connectivity index (χ1n) is 6.23. The van der Waals surface area contributed by atoms with Crippen LogP contribution in [-0.2, 0) is 0 Å². The fraction of sp³-hybridized carbons (Fsp3) is 0.538. The van der Waals surface area contributed by atoms with E-state index in [0.29, 0.717) is 6.04 Å². The van der Waals surface area contributed by atoms with Gasteiger partial charge in [-0.05, 0) is 32.6 Å². The molecule has 6 heteroatoms. The summed E-state index contributed by atoms with van der Waals surface area (Å²) in [6, 6.07) is 5.51. The first-order chi connectivity index (χ1) is 8.97. The van der Waals surface area contributed by atoms with Gasteiger partial charge in [0, 0.05) is 30.9 Å². The Bertz CT molecular complexity index is 440. The third kappa shape index (κ3) is 3.26. The molecule has 0 saturated carbocycles. The average molecular weight is 271 g/mol. The van der Waals surface area contributed by atoms with E-state index in [4.69, 9.17) is 5.73 Å². The number of anilines is 2. The second-order valence-corrected chi connectivity index (χ2v) is 4.95. The Hall–Kier alpha value is -1.56. The number of halogens is 2. The third-order valence-electron chi connectivity index (χ3n) is 3.47. The van der Waals surface area contributed by atoms with Gasteiger partial charge in [0.1, 0.15) is 0 Å². The molecule has 1 atom stereocenters. The molecule has 2 rings (SSSR count). The summed E-state index contributed by atoms with van der Waals surface area (Å²) < 4.78 is 29.0. The van der Waals surface area contributed by atoms with Gasteiger partial charge in [-0.2, -0.15) is 8.78 Å². The monoisotopic (exact) mass is 271 g/mol. The predicted octanol–water partition coefficient (Wildman–Crippen LogP) is 2.01. The van der Waals surface area contributed by atoms with Gasteiger partial charge in [0.25, 0.3) is 0 Å². The molecule has 0 aromatic heterocycles. The highest BCUT2D eigenvalue weighted by Crippen LogP contribution is 2.31. The van der Waals surface area contributed by atoms with Crippen molar-refractivity contribution in [3.05, 3.63) is 18.2 Å². The molecule has 19 heavy (non-hydrogen) atoms. The number of alkyl halides is 2. The SMILES string of the molecule is CN(C)[C@H]1CCN(c2ccc(N)c(OC(F)F)c2)C1. The van der Waals surface area contributed by atoms with Crippen molar-refractivity contribution in [2.75, 3.05) is 37.8 Å². The minimum atomic E-state index is -2.86. The molecule has 0 radical (unpaired) electrons. The number of nitrogens with two attached hydrogens (primary N) is 1. The Kier molecular flexibility index (Phi) is 4.09. The van der Waals surface area contributed by atoms with Crippen molar-refractivity contribution in [2.24, 2.45) is 0 Å². The number of nitrogen functional groups attached to an aromatic ring is 1. The van der Waals surface area contributed by atoms with Crippen molar-refractivity contribution in [2.45, 2.75) is 19.1 Å². The maximum Gasteiger partial charge on any atom is 0.387 e. The van der Waals surface area contributed by atoms with E-state index in [0.717, 1.165) is 25.2 Å². The van der Waals surface area contributed by atoms with Crippen molar-refractivity contribution in [1.82, 2.24) is 4.90 Å². The van der Waals surface area contributed by atoms with E-state index in [2.05, 4.69) is 14.5 Å². The fourth-order valence-electron chi connectivity index (χ4n) is 2.32. The van der Waals surface area contributed by atoms with E-state index < -0.39 is 6.61 Å². The lowest BCUT2D eigenvalue weighted by Gasteiger charge is -2.22. The molecule has 1 aromatic rings. The van der Waals surface area contributed by atoms with Crippen LogP contribution in [0.2, 0.25) is 0 Å². The van der Waals surface area contributed by atoms with Gasteiger partial charge in [-0.15, -0.1) is 0 Å². The molecule has 0 aliphatic carbocycles. The number of ether oxygens (including phenoxy) is 1. The van der Waals surface area contributed by atoms with Gasteiger partial charge in [0.2, 0.25) is 0 Å². The van der Waals surface area contributed by atoms with Gasteiger partial charge in [0.05, 0.1) is 5.69 Å². The second kappa shape index (κ2) is 5.61. The van der Waals surface area contributed by atoms with Crippen LogP contribution in [0.4, 0.5) is 20.2 Å².